The number of aromatic nitrogens is 1. The van der Waals surface area contributed by atoms with Gasteiger partial charge in [-0.3, -0.25) is 0 Å². The van der Waals surface area contributed by atoms with Crippen LogP contribution in [0, 0.1) is 11.5 Å². The van der Waals surface area contributed by atoms with Crippen molar-refractivity contribution in [2.75, 3.05) is 0 Å². The fraction of sp³-hybridized carbons (Fsp3) is 0.545. The Kier molecular flexibility index (Phi) is 4.04. The van der Waals surface area contributed by atoms with E-state index < -0.39 is 0 Å². The van der Waals surface area contributed by atoms with E-state index in [9.17, 15) is 10.2 Å². The summed E-state index contributed by atoms with van der Waals surface area (Å²) in [6.07, 6.45) is 6.81. The van der Waals surface area contributed by atoms with Gasteiger partial charge in [0, 0.05) is 11.6 Å². The van der Waals surface area contributed by atoms with Crippen LogP contribution < -0.4 is 0 Å². The summed E-state index contributed by atoms with van der Waals surface area (Å²) in [4.78, 5) is 0. The Morgan fingerprint density at radius 3 is 2.60 bits per heavy atom. The zero-order valence-electron chi connectivity index (χ0n) is 8.90. The molecule has 0 aliphatic carbocycles. The first-order valence-corrected chi connectivity index (χ1v) is 5.23. The highest BCUT2D eigenvalue weighted by molar-refractivity contribution is 5.38. The maximum absolute atomic E-state index is 9.55. The molecule has 0 aliphatic rings. The van der Waals surface area contributed by atoms with Gasteiger partial charge >= 0.3 is 0 Å². The average Bonchev–Trinajstić information content (AvgIpc) is 2.49. The van der Waals surface area contributed by atoms with E-state index in [1.807, 2.05) is 0 Å². The maximum atomic E-state index is 9.55. The molecule has 0 aromatic carbocycles. The lowest BCUT2D eigenvalue weighted by atomic mass is 10.1. The molecule has 0 aliphatic heterocycles. The van der Waals surface area contributed by atoms with Crippen molar-refractivity contribution < 1.29 is 10.2 Å². The van der Waals surface area contributed by atoms with Crippen molar-refractivity contribution in [2.45, 2.75) is 39.0 Å². The van der Waals surface area contributed by atoms with Crippen LogP contribution >= 0.6 is 0 Å². The molecule has 1 aromatic heterocycles. The lowest BCUT2D eigenvalue weighted by Gasteiger charge is -1.98. The maximum Gasteiger partial charge on any atom is 0.211 e. The summed E-state index contributed by atoms with van der Waals surface area (Å²) in [5.74, 6) is -0.327. The van der Waals surface area contributed by atoms with Crippen LogP contribution in [0.4, 0.5) is 0 Å². The summed E-state index contributed by atoms with van der Waals surface area (Å²) >= 11 is 0. The summed E-state index contributed by atoms with van der Waals surface area (Å²) in [7, 11) is 0. The van der Waals surface area contributed by atoms with Crippen LogP contribution in [0.2, 0.25) is 0 Å². The summed E-state index contributed by atoms with van der Waals surface area (Å²) < 4.78 is 0.829. The van der Waals surface area contributed by atoms with Crippen LogP contribution in [0.3, 0.4) is 0 Å². The Balaban J connectivity index is 2.59. The first kappa shape index (κ1) is 11.4. The van der Waals surface area contributed by atoms with Crippen molar-refractivity contribution in [1.29, 1.82) is 5.26 Å². The topological polar surface area (TPSA) is 69.2 Å². The predicted molar refractivity (Wildman–Crippen MR) is 56.6 cm³/mol. The molecule has 4 heteroatoms. The third kappa shape index (κ3) is 2.66. The Morgan fingerprint density at radius 2 is 2.07 bits per heavy atom. The molecule has 2 N–H and O–H groups in total. The van der Waals surface area contributed by atoms with Gasteiger partial charge in [0.2, 0.25) is 11.8 Å². The van der Waals surface area contributed by atoms with Crippen LogP contribution in [-0.4, -0.2) is 14.8 Å². The number of aromatic hydroxyl groups is 2. The van der Waals surface area contributed by atoms with E-state index in [1.165, 1.54) is 12.5 Å². The fourth-order valence-corrected chi connectivity index (χ4v) is 1.56. The van der Waals surface area contributed by atoms with Crippen molar-refractivity contribution >= 4 is 0 Å². The van der Waals surface area contributed by atoms with Crippen LogP contribution in [-0.2, 0) is 6.42 Å². The first-order valence-electron chi connectivity index (χ1n) is 5.23. The van der Waals surface area contributed by atoms with Crippen LogP contribution in [0.25, 0.3) is 0 Å². The zero-order chi connectivity index (χ0) is 11.3. The van der Waals surface area contributed by atoms with Gasteiger partial charge in [0.05, 0.1) is 0 Å². The first-order chi connectivity index (χ1) is 7.20. The lowest BCUT2D eigenvalue weighted by Crippen LogP contribution is -1.88. The molecule has 0 bridgehead atoms. The highest BCUT2D eigenvalue weighted by Gasteiger charge is 2.12. The molecule has 0 atom stereocenters. The van der Waals surface area contributed by atoms with Crippen molar-refractivity contribution in [3.05, 3.63) is 11.6 Å². The summed E-state index contributed by atoms with van der Waals surface area (Å²) in [5, 5.41) is 27.5. The average molecular weight is 208 g/mol. The summed E-state index contributed by atoms with van der Waals surface area (Å²) in [6.45, 7) is 2.13. The minimum Gasteiger partial charge on any atom is -0.494 e. The second-order valence-corrected chi connectivity index (χ2v) is 3.60. The van der Waals surface area contributed by atoms with Crippen LogP contribution in [0.5, 0.6) is 11.8 Å². The normalized spacial score (nSPS) is 10.1. The number of nitriles is 1. The van der Waals surface area contributed by atoms with E-state index in [2.05, 4.69) is 6.92 Å². The molecule has 0 saturated heterocycles. The van der Waals surface area contributed by atoms with Crippen molar-refractivity contribution in [1.82, 2.24) is 4.57 Å². The fourth-order valence-electron chi connectivity index (χ4n) is 1.56. The number of unbranched alkanes of at least 4 members (excludes halogenated alkanes) is 3. The Hall–Kier alpha value is -1.63. The van der Waals surface area contributed by atoms with Gasteiger partial charge in [0.1, 0.15) is 0 Å². The smallest absolute Gasteiger partial charge is 0.211 e. The number of nitrogens with zero attached hydrogens (tertiary/aromatic N) is 2. The van der Waals surface area contributed by atoms with Gasteiger partial charge in [-0.05, 0) is 12.8 Å². The van der Waals surface area contributed by atoms with E-state index in [0.717, 1.165) is 23.8 Å². The van der Waals surface area contributed by atoms with Gasteiger partial charge in [-0.25, -0.2) is 0 Å². The van der Waals surface area contributed by atoms with Gasteiger partial charge in [-0.15, -0.1) is 0 Å². The monoisotopic (exact) mass is 208 g/mol. The van der Waals surface area contributed by atoms with Crippen molar-refractivity contribution in [2.24, 2.45) is 0 Å². The van der Waals surface area contributed by atoms with Gasteiger partial charge in [-0.2, -0.15) is 9.83 Å². The molecule has 0 unspecified atom stereocenters. The Morgan fingerprint density at radius 1 is 1.33 bits per heavy atom. The molecule has 1 aromatic rings. The molecule has 15 heavy (non-hydrogen) atoms. The van der Waals surface area contributed by atoms with Crippen molar-refractivity contribution in [3.8, 4) is 18.0 Å². The molecule has 0 spiro atoms. The Labute approximate surface area is 89.4 Å². The second kappa shape index (κ2) is 5.30. The molecule has 0 amide bonds. The predicted octanol–water partition coefficient (Wildman–Crippen LogP) is 2.35. The summed E-state index contributed by atoms with van der Waals surface area (Å²) in [6, 6.07) is 1.45. The van der Waals surface area contributed by atoms with Crippen molar-refractivity contribution in [3.63, 3.8) is 0 Å². The quantitative estimate of drug-likeness (QED) is 0.730. The van der Waals surface area contributed by atoms with Crippen LogP contribution in [0.15, 0.2) is 6.07 Å². The lowest BCUT2D eigenvalue weighted by molar-refractivity contribution is 0.402. The highest BCUT2D eigenvalue weighted by Crippen LogP contribution is 2.27. The third-order valence-corrected chi connectivity index (χ3v) is 2.43. The molecular weight excluding hydrogens is 192 g/mol. The summed E-state index contributed by atoms with van der Waals surface area (Å²) in [5.41, 5.74) is 0.644. The van der Waals surface area contributed by atoms with E-state index >= 15 is 0 Å². The number of rotatable bonds is 5. The number of hydrogen-bond acceptors (Lipinski definition) is 3. The van der Waals surface area contributed by atoms with E-state index in [-0.39, 0.29) is 11.8 Å². The second-order valence-electron chi connectivity index (χ2n) is 3.60. The molecular formula is C11H16N2O2. The number of aryl methyl sites for hydroxylation is 1. The van der Waals surface area contributed by atoms with E-state index in [1.54, 1.807) is 6.19 Å². The molecule has 0 fully saturated rings. The van der Waals surface area contributed by atoms with Gasteiger partial charge < -0.3 is 10.2 Å². The van der Waals surface area contributed by atoms with E-state index in [0.29, 0.717) is 12.0 Å². The van der Waals surface area contributed by atoms with E-state index in [4.69, 9.17) is 5.26 Å². The standard InChI is InChI=1S/C11H16N2O2/c1-2-3-4-5-6-9-7-10(14)13(8-12)11(9)15/h7,14-15H,2-6H2,1H3. The van der Waals surface area contributed by atoms with Gasteiger partial charge in [0.15, 0.2) is 6.19 Å². The highest BCUT2D eigenvalue weighted by atomic mass is 16.3. The minimum absolute atomic E-state index is 0.133. The SMILES string of the molecule is CCCCCCc1cc(O)n(C#N)c1O. The molecule has 1 rings (SSSR count). The zero-order valence-corrected chi connectivity index (χ0v) is 8.90. The largest absolute Gasteiger partial charge is 0.494 e. The number of hydrogen-bond donors (Lipinski definition) is 2. The molecule has 4 nitrogen and oxygen atoms in total. The third-order valence-electron chi connectivity index (χ3n) is 2.43. The van der Waals surface area contributed by atoms with Gasteiger partial charge in [-0.1, -0.05) is 26.2 Å². The van der Waals surface area contributed by atoms with Gasteiger partial charge in [0.25, 0.3) is 0 Å². The molecule has 82 valence electrons. The molecule has 0 radical (unpaired) electrons. The Bertz CT molecular complexity index is 363. The molecule has 1 heterocycles. The minimum atomic E-state index is -0.194. The molecule has 0 saturated carbocycles. The van der Waals surface area contributed by atoms with Crippen LogP contribution in [0.1, 0.15) is 38.2 Å².